The molecule has 1 aromatic heterocycles. The topological polar surface area (TPSA) is 155 Å². The molecule has 1 aromatic rings. The number of nitrogens with zero attached hydrogens (tertiary/aromatic N) is 4. The molecule has 3 rings (SSSR count). The van der Waals surface area contributed by atoms with Gasteiger partial charge in [0.2, 0.25) is 16.3 Å². The molecule has 2 bridgehead atoms. The van der Waals surface area contributed by atoms with E-state index in [-0.39, 0.29) is 54.4 Å². The van der Waals surface area contributed by atoms with Crippen LogP contribution in [0.2, 0.25) is 0 Å². The predicted octanol–water partition coefficient (Wildman–Crippen LogP) is -3.42. The van der Waals surface area contributed by atoms with E-state index in [1.807, 2.05) is 0 Å². The Morgan fingerprint density at radius 1 is 1.44 bits per heavy atom. The third-order valence-corrected chi connectivity index (χ3v) is 4.02. The van der Waals surface area contributed by atoms with Gasteiger partial charge in [-0.15, -0.1) is 0 Å². The van der Waals surface area contributed by atoms with Crippen molar-refractivity contribution in [3.63, 3.8) is 0 Å². The van der Waals surface area contributed by atoms with Crippen LogP contribution in [0.25, 0.3) is 0 Å². The van der Waals surface area contributed by atoms with Crippen molar-refractivity contribution in [2.24, 2.45) is 0 Å². The molecule has 0 spiro atoms. The van der Waals surface area contributed by atoms with Crippen LogP contribution in [-0.2, 0) is 19.4 Å². The molecule has 25 heavy (non-hydrogen) atoms. The Balaban J connectivity index is 0.00000225. The molecule has 0 unspecified atom stereocenters. The first-order valence-corrected chi connectivity index (χ1v) is 8.39. The molecule has 2 aliphatic rings. The second kappa shape index (κ2) is 7.55. The number of esters is 1. The van der Waals surface area contributed by atoms with Gasteiger partial charge in [0, 0.05) is 6.54 Å². The van der Waals surface area contributed by atoms with E-state index in [0.29, 0.717) is 17.9 Å². The zero-order chi connectivity index (χ0) is 17.5. The monoisotopic (exact) mass is 384 g/mol. The maximum absolute atomic E-state index is 12.2. The molecule has 0 aliphatic carbocycles. The summed E-state index contributed by atoms with van der Waals surface area (Å²) >= 11 is 0. The van der Waals surface area contributed by atoms with Crippen LogP contribution >= 0.6 is 0 Å². The van der Waals surface area contributed by atoms with Gasteiger partial charge in [0.1, 0.15) is 6.04 Å². The minimum absolute atomic E-state index is 0. The maximum Gasteiger partial charge on any atom is 1.00 e. The second-order valence-corrected chi connectivity index (χ2v) is 6.13. The Kier molecular flexibility index (Phi) is 6.06. The van der Waals surface area contributed by atoms with E-state index in [0.717, 1.165) is 0 Å². The first-order chi connectivity index (χ1) is 11.3. The second-order valence-electron chi connectivity index (χ2n) is 5.17. The van der Waals surface area contributed by atoms with E-state index in [2.05, 4.69) is 14.4 Å². The molecule has 2 saturated heterocycles. The van der Waals surface area contributed by atoms with Crippen LogP contribution in [0.3, 0.4) is 0 Å². The van der Waals surface area contributed by atoms with Crippen molar-refractivity contribution in [2.45, 2.75) is 31.8 Å². The minimum atomic E-state index is -5.06. The van der Waals surface area contributed by atoms with E-state index >= 15 is 0 Å². The SMILES string of the molecule is CCOC(=O)c1noc([C@@H]2CC[C@@H]3CN2C(=O)N3OS(=O)(=O)[O-])n1.[Na+]. The summed E-state index contributed by atoms with van der Waals surface area (Å²) < 4.78 is 46.2. The van der Waals surface area contributed by atoms with Crippen LogP contribution in [0.1, 0.15) is 42.3 Å². The molecule has 0 radical (unpaired) electrons. The number of carbonyl (C=O) groups excluding carboxylic acids is 2. The summed E-state index contributed by atoms with van der Waals surface area (Å²) in [5.74, 6) is -0.996. The maximum atomic E-state index is 12.2. The van der Waals surface area contributed by atoms with Crippen LogP contribution in [-0.4, -0.2) is 64.3 Å². The van der Waals surface area contributed by atoms with Gasteiger partial charge in [0.15, 0.2) is 0 Å². The largest absolute Gasteiger partial charge is 1.00 e. The van der Waals surface area contributed by atoms with Crippen LogP contribution < -0.4 is 29.6 Å². The Hall–Kier alpha value is -1.25. The average molecular weight is 384 g/mol. The van der Waals surface area contributed by atoms with Crippen molar-refractivity contribution < 1.29 is 65.7 Å². The number of carbonyl (C=O) groups is 2. The molecular formula is C11H13N4NaO8S. The van der Waals surface area contributed by atoms with E-state index < -0.39 is 34.5 Å². The van der Waals surface area contributed by atoms with E-state index in [1.165, 1.54) is 4.90 Å². The van der Waals surface area contributed by atoms with Gasteiger partial charge in [-0.05, 0) is 24.9 Å². The van der Waals surface area contributed by atoms with Crippen LogP contribution in [0.4, 0.5) is 4.79 Å². The molecule has 2 fully saturated rings. The Bertz CT molecular complexity index is 768. The number of hydrogen-bond donors (Lipinski definition) is 0. The molecule has 2 atom stereocenters. The van der Waals surface area contributed by atoms with Crippen molar-refractivity contribution in [3.8, 4) is 0 Å². The van der Waals surface area contributed by atoms with E-state index in [9.17, 15) is 22.6 Å². The summed E-state index contributed by atoms with van der Waals surface area (Å²) in [4.78, 5) is 29.0. The van der Waals surface area contributed by atoms with Crippen LogP contribution in [0, 0.1) is 0 Å². The molecule has 0 N–H and O–H groups in total. The third kappa shape index (κ3) is 4.12. The Morgan fingerprint density at radius 2 is 2.16 bits per heavy atom. The van der Waals surface area contributed by atoms with Crippen molar-refractivity contribution in [1.29, 1.82) is 0 Å². The normalized spacial score (nSPS) is 22.7. The van der Waals surface area contributed by atoms with Crippen LogP contribution in [0.15, 0.2) is 4.52 Å². The molecule has 3 heterocycles. The molecule has 2 aliphatic heterocycles. The third-order valence-electron chi connectivity index (χ3n) is 3.68. The molecule has 14 heteroatoms. The van der Waals surface area contributed by atoms with Gasteiger partial charge in [-0.25, -0.2) is 18.0 Å². The fourth-order valence-electron chi connectivity index (χ4n) is 2.73. The van der Waals surface area contributed by atoms with E-state index in [1.54, 1.807) is 6.92 Å². The number of hydroxylamine groups is 2. The summed E-state index contributed by atoms with van der Waals surface area (Å²) in [7, 11) is -5.06. The first-order valence-electron chi connectivity index (χ1n) is 7.06. The molecule has 132 valence electrons. The zero-order valence-corrected chi connectivity index (χ0v) is 16.3. The number of amides is 2. The number of urea groups is 1. The van der Waals surface area contributed by atoms with Gasteiger partial charge in [-0.3, -0.25) is 0 Å². The first kappa shape index (κ1) is 20.1. The number of aromatic nitrogens is 2. The number of piperidine rings is 1. The summed E-state index contributed by atoms with van der Waals surface area (Å²) in [5, 5.41) is 4.05. The quantitative estimate of drug-likeness (QED) is 0.217. The predicted molar refractivity (Wildman–Crippen MR) is 70.7 cm³/mol. The van der Waals surface area contributed by atoms with Gasteiger partial charge in [0.05, 0.1) is 12.6 Å². The van der Waals surface area contributed by atoms with Gasteiger partial charge in [-0.2, -0.15) is 14.3 Å². The van der Waals surface area contributed by atoms with Gasteiger partial charge in [0.25, 0.3) is 5.82 Å². The summed E-state index contributed by atoms with van der Waals surface area (Å²) in [5.41, 5.74) is 0. The molecule has 12 nitrogen and oxygen atoms in total. The van der Waals surface area contributed by atoms with Gasteiger partial charge >= 0.3 is 41.6 Å². The molecular weight excluding hydrogens is 371 g/mol. The van der Waals surface area contributed by atoms with Crippen molar-refractivity contribution >= 4 is 22.4 Å². The number of rotatable bonds is 5. The average Bonchev–Trinajstić information content (AvgIpc) is 3.08. The van der Waals surface area contributed by atoms with Crippen molar-refractivity contribution in [2.75, 3.05) is 13.2 Å². The zero-order valence-electron chi connectivity index (χ0n) is 13.4. The molecule has 0 saturated carbocycles. The van der Waals surface area contributed by atoms with E-state index in [4.69, 9.17) is 9.26 Å². The van der Waals surface area contributed by atoms with Gasteiger partial charge < -0.3 is 18.7 Å². The summed E-state index contributed by atoms with van der Waals surface area (Å²) in [6.07, 6.45) is 0.735. The molecule has 2 amide bonds. The molecule has 0 aromatic carbocycles. The number of ether oxygens (including phenoxy) is 1. The minimum Gasteiger partial charge on any atom is -0.724 e. The smallest absolute Gasteiger partial charge is 0.724 e. The number of fused-ring (bicyclic) bond motifs is 2. The number of hydrogen-bond acceptors (Lipinski definition) is 10. The van der Waals surface area contributed by atoms with Crippen molar-refractivity contribution in [3.05, 3.63) is 11.7 Å². The van der Waals surface area contributed by atoms with Gasteiger partial charge in [-0.1, -0.05) is 0 Å². The standard InChI is InChI=1S/C11H14N4O8S.Na/c1-2-21-10(16)8-12-9(22-13-8)7-4-3-6-5-14(7)11(17)15(6)23-24(18,19)20;/h6-7H,2-5H2,1H3,(H,18,19,20);/q;+1/p-1/t6-,7+;/m1./s1. The fraction of sp³-hybridized carbons (Fsp3) is 0.636. The summed E-state index contributed by atoms with van der Waals surface area (Å²) in [6, 6.07) is -2.00. The Morgan fingerprint density at radius 3 is 2.80 bits per heavy atom. The van der Waals surface area contributed by atoms with Crippen LogP contribution in [0.5, 0.6) is 0 Å². The summed E-state index contributed by atoms with van der Waals surface area (Å²) in [6.45, 7) is 1.91. The fourth-order valence-corrected chi connectivity index (χ4v) is 3.12. The Labute approximate surface area is 164 Å². The van der Waals surface area contributed by atoms with Crippen molar-refractivity contribution in [1.82, 2.24) is 20.1 Å².